The van der Waals surface area contributed by atoms with Crippen molar-refractivity contribution in [3.05, 3.63) is 71.8 Å². The summed E-state index contributed by atoms with van der Waals surface area (Å²) in [4.78, 5) is 14.3. The zero-order valence-electron chi connectivity index (χ0n) is 15.3. The van der Waals surface area contributed by atoms with Crippen molar-refractivity contribution in [1.82, 2.24) is 4.90 Å². The number of rotatable bonds is 5. The molecule has 4 heteroatoms. The molecule has 2 atom stereocenters. The Morgan fingerprint density at radius 3 is 2.62 bits per heavy atom. The minimum absolute atomic E-state index is 0.0251. The van der Waals surface area contributed by atoms with Gasteiger partial charge in [-0.3, -0.25) is 4.79 Å². The average molecular weight is 351 g/mol. The summed E-state index contributed by atoms with van der Waals surface area (Å²) in [5, 5.41) is 0. The highest BCUT2D eigenvalue weighted by Crippen LogP contribution is 2.16. The Kier molecular flexibility index (Phi) is 6.08. The maximum absolute atomic E-state index is 12.4. The van der Waals surface area contributed by atoms with Crippen molar-refractivity contribution in [2.45, 2.75) is 32.6 Å². The SMILES string of the molecule is C[C@@H]1CO[C@@H](C)CN1C(=O)/C=C/c1ccc(OCc2ccccc2)cc1. The van der Waals surface area contributed by atoms with E-state index in [1.807, 2.05) is 79.4 Å². The third-order valence-electron chi connectivity index (χ3n) is 4.44. The van der Waals surface area contributed by atoms with Crippen LogP contribution in [0.3, 0.4) is 0 Å². The first-order valence-electron chi connectivity index (χ1n) is 8.99. The molecule has 1 heterocycles. The number of benzene rings is 2. The Bertz CT molecular complexity index is 740. The topological polar surface area (TPSA) is 38.8 Å². The van der Waals surface area contributed by atoms with Gasteiger partial charge < -0.3 is 14.4 Å². The van der Waals surface area contributed by atoms with Crippen molar-refractivity contribution in [2.24, 2.45) is 0 Å². The molecule has 0 radical (unpaired) electrons. The molecule has 1 amide bonds. The van der Waals surface area contributed by atoms with Crippen LogP contribution >= 0.6 is 0 Å². The van der Waals surface area contributed by atoms with Gasteiger partial charge in [-0.1, -0.05) is 42.5 Å². The van der Waals surface area contributed by atoms with E-state index in [4.69, 9.17) is 9.47 Å². The quantitative estimate of drug-likeness (QED) is 0.767. The highest BCUT2D eigenvalue weighted by molar-refractivity contribution is 5.92. The third-order valence-corrected chi connectivity index (χ3v) is 4.44. The van der Waals surface area contributed by atoms with Crippen LogP contribution in [0.15, 0.2) is 60.7 Å². The Morgan fingerprint density at radius 1 is 1.15 bits per heavy atom. The summed E-state index contributed by atoms with van der Waals surface area (Å²) < 4.78 is 11.3. The minimum Gasteiger partial charge on any atom is -0.489 e. The molecule has 136 valence electrons. The molecule has 0 saturated carbocycles. The second kappa shape index (κ2) is 8.68. The molecule has 1 fully saturated rings. The number of amides is 1. The number of ether oxygens (including phenoxy) is 2. The predicted octanol–water partition coefficient (Wildman–Crippen LogP) is 3.91. The summed E-state index contributed by atoms with van der Waals surface area (Å²) in [5.74, 6) is 0.838. The van der Waals surface area contributed by atoms with Crippen LogP contribution < -0.4 is 4.74 Å². The first-order chi connectivity index (χ1) is 12.6. The highest BCUT2D eigenvalue weighted by Gasteiger charge is 2.25. The van der Waals surface area contributed by atoms with E-state index in [2.05, 4.69) is 0 Å². The second-order valence-electron chi connectivity index (χ2n) is 6.66. The van der Waals surface area contributed by atoms with Crippen molar-refractivity contribution in [3.63, 3.8) is 0 Å². The number of hydrogen-bond donors (Lipinski definition) is 0. The molecule has 1 aliphatic rings. The fourth-order valence-corrected chi connectivity index (χ4v) is 2.89. The maximum Gasteiger partial charge on any atom is 0.246 e. The lowest BCUT2D eigenvalue weighted by molar-refractivity contribution is -0.137. The molecule has 0 spiro atoms. The van der Waals surface area contributed by atoms with Gasteiger partial charge in [0.15, 0.2) is 0 Å². The largest absolute Gasteiger partial charge is 0.489 e. The average Bonchev–Trinajstić information content (AvgIpc) is 2.68. The molecule has 4 nitrogen and oxygen atoms in total. The second-order valence-corrected chi connectivity index (χ2v) is 6.66. The fourth-order valence-electron chi connectivity index (χ4n) is 2.89. The van der Waals surface area contributed by atoms with E-state index >= 15 is 0 Å². The van der Waals surface area contributed by atoms with Gasteiger partial charge in [0.05, 0.1) is 18.8 Å². The van der Waals surface area contributed by atoms with Crippen LogP contribution in [0.5, 0.6) is 5.75 Å². The number of carbonyl (C=O) groups is 1. The van der Waals surface area contributed by atoms with Gasteiger partial charge in [-0.15, -0.1) is 0 Å². The molecular weight excluding hydrogens is 326 g/mol. The zero-order chi connectivity index (χ0) is 18.4. The third kappa shape index (κ3) is 4.96. The van der Waals surface area contributed by atoms with Crippen LogP contribution in [-0.4, -0.2) is 36.1 Å². The lowest BCUT2D eigenvalue weighted by Gasteiger charge is -2.36. The van der Waals surface area contributed by atoms with E-state index in [1.54, 1.807) is 6.08 Å². The summed E-state index contributed by atoms with van der Waals surface area (Å²) in [7, 11) is 0. The maximum atomic E-state index is 12.4. The smallest absolute Gasteiger partial charge is 0.246 e. The summed E-state index contributed by atoms with van der Waals surface area (Å²) >= 11 is 0. The van der Waals surface area contributed by atoms with Gasteiger partial charge in [0.1, 0.15) is 12.4 Å². The molecule has 0 aromatic heterocycles. The number of morpholine rings is 1. The highest BCUT2D eigenvalue weighted by atomic mass is 16.5. The predicted molar refractivity (Wildman–Crippen MR) is 103 cm³/mol. The summed E-state index contributed by atoms with van der Waals surface area (Å²) in [6.07, 6.45) is 3.56. The van der Waals surface area contributed by atoms with Crippen LogP contribution in [0.1, 0.15) is 25.0 Å². The van der Waals surface area contributed by atoms with E-state index in [0.29, 0.717) is 19.8 Å². The zero-order valence-corrected chi connectivity index (χ0v) is 15.3. The molecule has 0 bridgehead atoms. The molecular formula is C22H25NO3. The van der Waals surface area contributed by atoms with Crippen LogP contribution in [-0.2, 0) is 16.1 Å². The monoisotopic (exact) mass is 351 g/mol. The van der Waals surface area contributed by atoms with Gasteiger partial charge in [0, 0.05) is 12.6 Å². The molecule has 2 aromatic carbocycles. The van der Waals surface area contributed by atoms with Gasteiger partial charge in [-0.05, 0) is 43.2 Å². The van der Waals surface area contributed by atoms with Crippen molar-refractivity contribution in [2.75, 3.05) is 13.2 Å². The molecule has 2 aromatic rings. The molecule has 0 N–H and O–H groups in total. The van der Waals surface area contributed by atoms with Crippen molar-refractivity contribution >= 4 is 12.0 Å². The van der Waals surface area contributed by atoms with E-state index in [1.165, 1.54) is 0 Å². The summed E-state index contributed by atoms with van der Waals surface area (Å²) in [5.41, 5.74) is 2.11. The number of nitrogens with zero attached hydrogens (tertiary/aromatic N) is 1. The summed E-state index contributed by atoms with van der Waals surface area (Å²) in [6, 6.07) is 17.9. The fraction of sp³-hybridized carbons (Fsp3) is 0.318. The first-order valence-corrected chi connectivity index (χ1v) is 8.99. The van der Waals surface area contributed by atoms with Crippen LogP contribution in [0.2, 0.25) is 0 Å². The Balaban J connectivity index is 1.55. The standard InChI is InChI=1S/C22H25NO3/c1-17-15-25-18(2)14-23(17)22(24)13-10-19-8-11-21(12-9-19)26-16-20-6-4-3-5-7-20/h3-13,17-18H,14-16H2,1-2H3/b13-10+/t17-,18+/m1/s1. The van der Waals surface area contributed by atoms with Gasteiger partial charge >= 0.3 is 0 Å². The van der Waals surface area contributed by atoms with E-state index < -0.39 is 0 Å². The molecule has 0 aliphatic carbocycles. The van der Waals surface area contributed by atoms with Gasteiger partial charge in [0.25, 0.3) is 0 Å². The Hall–Kier alpha value is -2.59. The van der Waals surface area contributed by atoms with E-state index in [0.717, 1.165) is 16.9 Å². The van der Waals surface area contributed by atoms with Gasteiger partial charge in [-0.25, -0.2) is 0 Å². The minimum atomic E-state index is 0.0251. The number of carbonyl (C=O) groups excluding carboxylic acids is 1. The normalized spacial score (nSPS) is 20.3. The molecule has 1 saturated heterocycles. The molecule has 1 aliphatic heterocycles. The van der Waals surface area contributed by atoms with E-state index in [-0.39, 0.29) is 18.1 Å². The van der Waals surface area contributed by atoms with Crippen LogP contribution in [0.4, 0.5) is 0 Å². The van der Waals surface area contributed by atoms with Crippen molar-refractivity contribution in [3.8, 4) is 5.75 Å². The van der Waals surface area contributed by atoms with Gasteiger partial charge in [0.2, 0.25) is 5.91 Å². The molecule has 0 unspecified atom stereocenters. The first kappa shape index (κ1) is 18.2. The summed E-state index contributed by atoms with van der Waals surface area (Å²) in [6.45, 7) is 5.77. The Morgan fingerprint density at radius 2 is 1.88 bits per heavy atom. The number of hydrogen-bond acceptors (Lipinski definition) is 3. The van der Waals surface area contributed by atoms with Crippen LogP contribution in [0, 0.1) is 0 Å². The lowest BCUT2D eigenvalue weighted by Crippen LogP contribution is -2.49. The molecule has 3 rings (SSSR count). The van der Waals surface area contributed by atoms with Crippen molar-refractivity contribution in [1.29, 1.82) is 0 Å². The Labute approximate surface area is 155 Å². The molecule has 26 heavy (non-hydrogen) atoms. The van der Waals surface area contributed by atoms with Gasteiger partial charge in [-0.2, -0.15) is 0 Å². The van der Waals surface area contributed by atoms with Crippen LogP contribution in [0.25, 0.3) is 6.08 Å². The lowest BCUT2D eigenvalue weighted by atomic mass is 10.1. The van der Waals surface area contributed by atoms with E-state index in [9.17, 15) is 4.79 Å². The van der Waals surface area contributed by atoms with Crippen molar-refractivity contribution < 1.29 is 14.3 Å².